The molecule has 7 heteroatoms. The lowest BCUT2D eigenvalue weighted by Crippen LogP contribution is -2.30. The van der Waals surface area contributed by atoms with E-state index in [-0.39, 0.29) is 12.5 Å². The summed E-state index contributed by atoms with van der Waals surface area (Å²) in [6.45, 7) is 0.271. The van der Waals surface area contributed by atoms with Crippen LogP contribution in [-0.2, 0) is 11.3 Å². The molecule has 1 aliphatic carbocycles. The number of carbonyl (C=O) groups excluding carboxylic acids is 1. The van der Waals surface area contributed by atoms with Gasteiger partial charge >= 0.3 is 0 Å². The van der Waals surface area contributed by atoms with Gasteiger partial charge in [0.05, 0.1) is 12.6 Å². The highest BCUT2D eigenvalue weighted by atomic mass is 16.5. The van der Waals surface area contributed by atoms with Crippen LogP contribution >= 0.6 is 0 Å². The van der Waals surface area contributed by atoms with Crippen molar-refractivity contribution in [2.45, 2.75) is 38.3 Å². The molecule has 2 aromatic carbocycles. The molecule has 0 atom stereocenters. The van der Waals surface area contributed by atoms with E-state index in [0.717, 1.165) is 23.6 Å². The zero-order chi connectivity index (χ0) is 17.8. The maximum Gasteiger partial charge on any atom is 0.258 e. The van der Waals surface area contributed by atoms with Crippen molar-refractivity contribution in [1.29, 1.82) is 0 Å². The van der Waals surface area contributed by atoms with Crippen LogP contribution in [0.15, 0.2) is 42.5 Å². The SMILES string of the molecule is O=C(COc1ccc2ccccc2c1)NCc1nnnn1C1CCCC1. The summed E-state index contributed by atoms with van der Waals surface area (Å²) in [6, 6.07) is 14.2. The number of benzene rings is 2. The second kappa shape index (κ2) is 7.51. The molecular formula is C19H21N5O2. The molecule has 1 N–H and O–H groups in total. The average Bonchev–Trinajstić information content (AvgIpc) is 3.35. The molecule has 1 heterocycles. The van der Waals surface area contributed by atoms with Crippen molar-refractivity contribution in [3.63, 3.8) is 0 Å². The largest absolute Gasteiger partial charge is 0.484 e. The third-order valence-corrected chi connectivity index (χ3v) is 4.77. The number of hydrogen-bond donors (Lipinski definition) is 1. The molecule has 0 radical (unpaired) electrons. The molecule has 4 rings (SSSR count). The maximum atomic E-state index is 12.1. The second-order valence-electron chi connectivity index (χ2n) is 6.55. The molecule has 0 bridgehead atoms. The van der Waals surface area contributed by atoms with Crippen molar-refractivity contribution < 1.29 is 9.53 Å². The van der Waals surface area contributed by atoms with E-state index < -0.39 is 0 Å². The first kappa shape index (κ1) is 16.5. The number of hydrogen-bond acceptors (Lipinski definition) is 5. The Bertz CT molecular complexity index is 902. The number of carbonyl (C=O) groups is 1. The zero-order valence-electron chi connectivity index (χ0n) is 14.5. The summed E-state index contributed by atoms with van der Waals surface area (Å²) in [7, 11) is 0. The maximum absolute atomic E-state index is 12.1. The molecule has 0 aliphatic heterocycles. The Labute approximate surface area is 151 Å². The predicted octanol–water partition coefficient (Wildman–Crippen LogP) is 2.64. The molecule has 0 saturated heterocycles. The van der Waals surface area contributed by atoms with Gasteiger partial charge in [0.2, 0.25) is 0 Å². The van der Waals surface area contributed by atoms with Gasteiger partial charge in [-0.15, -0.1) is 5.10 Å². The number of amides is 1. The van der Waals surface area contributed by atoms with Crippen LogP contribution < -0.4 is 10.1 Å². The van der Waals surface area contributed by atoms with E-state index in [1.165, 1.54) is 12.8 Å². The summed E-state index contributed by atoms with van der Waals surface area (Å²) in [5.41, 5.74) is 0. The summed E-state index contributed by atoms with van der Waals surface area (Å²) >= 11 is 0. The third-order valence-electron chi connectivity index (χ3n) is 4.77. The summed E-state index contributed by atoms with van der Waals surface area (Å²) in [5.74, 6) is 1.17. The van der Waals surface area contributed by atoms with E-state index in [2.05, 4.69) is 20.8 Å². The van der Waals surface area contributed by atoms with E-state index in [4.69, 9.17) is 4.74 Å². The van der Waals surface area contributed by atoms with Crippen molar-refractivity contribution in [2.24, 2.45) is 0 Å². The van der Waals surface area contributed by atoms with Gasteiger partial charge in [-0.3, -0.25) is 4.79 Å². The number of rotatable bonds is 6. The Balaban J connectivity index is 1.31. The summed E-state index contributed by atoms with van der Waals surface area (Å²) in [5, 5.41) is 16.9. The first-order valence-electron chi connectivity index (χ1n) is 8.94. The smallest absolute Gasteiger partial charge is 0.258 e. The molecule has 3 aromatic rings. The molecule has 1 aliphatic rings. The van der Waals surface area contributed by atoms with Crippen molar-refractivity contribution in [2.75, 3.05) is 6.61 Å². The van der Waals surface area contributed by atoms with E-state index >= 15 is 0 Å². The minimum Gasteiger partial charge on any atom is -0.484 e. The normalized spacial score (nSPS) is 14.6. The summed E-state index contributed by atoms with van der Waals surface area (Å²) < 4.78 is 7.45. The number of tetrazole rings is 1. The second-order valence-corrected chi connectivity index (χ2v) is 6.55. The topological polar surface area (TPSA) is 81.9 Å². The predicted molar refractivity (Wildman–Crippen MR) is 96.6 cm³/mol. The highest BCUT2D eigenvalue weighted by Gasteiger charge is 2.21. The first-order chi connectivity index (χ1) is 12.8. The lowest BCUT2D eigenvalue weighted by atomic mass is 10.1. The summed E-state index contributed by atoms with van der Waals surface area (Å²) in [4.78, 5) is 12.1. The monoisotopic (exact) mass is 351 g/mol. The van der Waals surface area contributed by atoms with E-state index in [1.807, 2.05) is 47.1 Å². The van der Waals surface area contributed by atoms with Gasteiger partial charge in [0.1, 0.15) is 5.75 Å². The van der Waals surface area contributed by atoms with Gasteiger partial charge in [-0.1, -0.05) is 43.2 Å². The van der Waals surface area contributed by atoms with E-state index in [0.29, 0.717) is 24.2 Å². The molecule has 1 fully saturated rings. The highest BCUT2D eigenvalue weighted by Crippen LogP contribution is 2.29. The number of fused-ring (bicyclic) bond motifs is 1. The van der Waals surface area contributed by atoms with Crippen molar-refractivity contribution in [1.82, 2.24) is 25.5 Å². The quantitative estimate of drug-likeness (QED) is 0.738. The van der Waals surface area contributed by atoms with Crippen LogP contribution in [0, 0.1) is 0 Å². The van der Waals surface area contributed by atoms with Crippen LogP contribution in [0.5, 0.6) is 5.75 Å². The standard InChI is InChI=1S/C19H21N5O2/c25-19(13-26-17-10-9-14-5-1-2-6-15(14)11-17)20-12-18-21-22-23-24(18)16-7-3-4-8-16/h1-2,5-6,9-11,16H,3-4,7-8,12-13H2,(H,20,25). The number of ether oxygens (including phenoxy) is 1. The van der Waals surface area contributed by atoms with Gasteiger partial charge in [0, 0.05) is 0 Å². The molecule has 26 heavy (non-hydrogen) atoms. The highest BCUT2D eigenvalue weighted by molar-refractivity contribution is 5.84. The minimum absolute atomic E-state index is 0.0384. The molecule has 1 amide bonds. The minimum atomic E-state index is -0.195. The zero-order valence-corrected chi connectivity index (χ0v) is 14.5. The van der Waals surface area contributed by atoms with Crippen molar-refractivity contribution in [3.8, 4) is 5.75 Å². The number of aromatic nitrogens is 4. The van der Waals surface area contributed by atoms with Gasteiger partial charge in [0.15, 0.2) is 12.4 Å². The fraction of sp³-hybridized carbons (Fsp3) is 0.368. The molecule has 0 spiro atoms. The summed E-state index contributed by atoms with van der Waals surface area (Å²) in [6.07, 6.45) is 4.60. The first-order valence-corrected chi connectivity index (χ1v) is 8.94. The van der Waals surface area contributed by atoms with Crippen LogP contribution in [-0.4, -0.2) is 32.7 Å². The Morgan fingerprint density at radius 1 is 1.15 bits per heavy atom. The number of nitrogens with one attached hydrogen (secondary N) is 1. The fourth-order valence-corrected chi connectivity index (χ4v) is 3.40. The molecule has 0 unspecified atom stereocenters. The molecular weight excluding hydrogens is 330 g/mol. The van der Waals surface area contributed by atoms with Crippen LogP contribution in [0.1, 0.15) is 37.5 Å². The Morgan fingerprint density at radius 2 is 1.96 bits per heavy atom. The van der Waals surface area contributed by atoms with Crippen molar-refractivity contribution in [3.05, 3.63) is 48.3 Å². The van der Waals surface area contributed by atoms with Gasteiger partial charge < -0.3 is 10.1 Å². The molecule has 1 saturated carbocycles. The third kappa shape index (κ3) is 3.66. The fourth-order valence-electron chi connectivity index (χ4n) is 3.40. The average molecular weight is 351 g/mol. The van der Waals surface area contributed by atoms with Gasteiger partial charge in [-0.05, 0) is 46.2 Å². The van der Waals surface area contributed by atoms with Gasteiger partial charge in [-0.25, -0.2) is 4.68 Å². The van der Waals surface area contributed by atoms with Gasteiger partial charge in [-0.2, -0.15) is 0 Å². The lowest BCUT2D eigenvalue weighted by Gasteiger charge is -2.12. The Morgan fingerprint density at radius 3 is 2.81 bits per heavy atom. The lowest BCUT2D eigenvalue weighted by molar-refractivity contribution is -0.123. The van der Waals surface area contributed by atoms with Crippen molar-refractivity contribution >= 4 is 16.7 Å². The van der Waals surface area contributed by atoms with Crippen LogP contribution in [0.4, 0.5) is 0 Å². The molecule has 7 nitrogen and oxygen atoms in total. The van der Waals surface area contributed by atoms with E-state index in [9.17, 15) is 4.79 Å². The Kier molecular flexibility index (Phi) is 4.77. The Hall–Kier alpha value is -2.96. The molecule has 134 valence electrons. The number of nitrogens with zero attached hydrogens (tertiary/aromatic N) is 4. The van der Waals surface area contributed by atoms with Gasteiger partial charge in [0.25, 0.3) is 5.91 Å². The molecule has 1 aromatic heterocycles. The van der Waals surface area contributed by atoms with E-state index in [1.54, 1.807) is 0 Å². The van der Waals surface area contributed by atoms with Crippen LogP contribution in [0.25, 0.3) is 10.8 Å². The van der Waals surface area contributed by atoms with Crippen LogP contribution in [0.2, 0.25) is 0 Å². The van der Waals surface area contributed by atoms with Crippen LogP contribution in [0.3, 0.4) is 0 Å².